The Morgan fingerprint density at radius 1 is 0.800 bits per heavy atom. The van der Waals surface area contributed by atoms with E-state index < -0.39 is 0 Å². The van der Waals surface area contributed by atoms with Gasteiger partial charge in [0.05, 0.1) is 6.61 Å². The Labute approximate surface area is 120 Å². The first kappa shape index (κ1) is 15.9. The lowest BCUT2D eigenvalue weighted by molar-refractivity contribution is -0.143. The van der Waals surface area contributed by atoms with Crippen LogP contribution in [0.5, 0.6) is 0 Å². The first-order valence-electron chi connectivity index (χ1n) is 6.58. The summed E-state index contributed by atoms with van der Waals surface area (Å²) in [6.45, 7) is 0.456. The molecule has 20 heavy (non-hydrogen) atoms. The Morgan fingerprint density at radius 2 is 1.30 bits per heavy atom. The summed E-state index contributed by atoms with van der Waals surface area (Å²) < 4.78 is 5.23. The lowest BCUT2D eigenvalue weighted by Gasteiger charge is -2.05. The van der Waals surface area contributed by atoms with Crippen LogP contribution in [0, 0.1) is 0 Å². The third-order valence-corrected chi connectivity index (χ3v) is 2.96. The summed E-state index contributed by atoms with van der Waals surface area (Å²) in [5, 5.41) is 0. The minimum absolute atomic E-state index is 0. The van der Waals surface area contributed by atoms with Gasteiger partial charge in [-0.2, -0.15) is 0 Å². The Morgan fingerprint density at radius 3 is 1.85 bits per heavy atom. The van der Waals surface area contributed by atoms with E-state index in [1.165, 1.54) is 11.1 Å². The van der Waals surface area contributed by atoms with E-state index in [0.717, 1.165) is 12.8 Å². The fraction of sp³-hybridized carbons (Fsp3) is 0.235. The molecule has 0 aliphatic rings. The van der Waals surface area contributed by atoms with Crippen LogP contribution in [0.15, 0.2) is 60.7 Å². The SMILES string of the molecule is N.O=C(CCc1ccccc1)OCCc1ccccc1. The van der Waals surface area contributed by atoms with Crippen LogP contribution in [-0.4, -0.2) is 12.6 Å². The van der Waals surface area contributed by atoms with Gasteiger partial charge in [-0.15, -0.1) is 0 Å². The van der Waals surface area contributed by atoms with Crippen molar-refractivity contribution in [2.45, 2.75) is 19.3 Å². The number of esters is 1. The van der Waals surface area contributed by atoms with Crippen LogP contribution in [0.2, 0.25) is 0 Å². The topological polar surface area (TPSA) is 61.3 Å². The average molecular weight is 271 g/mol. The number of hydrogen-bond acceptors (Lipinski definition) is 3. The van der Waals surface area contributed by atoms with Gasteiger partial charge in [-0.25, -0.2) is 0 Å². The zero-order chi connectivity index (χ0) is 13.3. The molecule has 3 heteroatoms. The van der Waals surface area contributed by atoms with Gasteiger partial charge in [0.15, 0.2) is 0 Å². The van der Waals surface area contributed by atoms with Crippen molar-refractivity contribution >= 4 is 5.97 Å². The standard InChI is InChI=1S/C17H18O2.H3N/c18-17(12-11-15-7-3-1-4-8-15)19-14-13-16-9-5-2-6-10-16;/h1-10H,11-14H2;1H3. The molecule has 0 aliphatic heterocycles. The molecule has 0 radical (unpaired) electrons. The molecule has 3 N–H and O–H groups in total. The van der Waals surface area contributed by atoms with Crippen LogP contribution in [0.3, 0.4) is 0 Å². The molecule has 0 unspecified atom stereocenters. The van der Waals surface area contributed by atoms with Gasteiger partial charge < -0.3 is 10.9 Å². The molecular formula is C17H21NO2. The molecular weight excluding hydrogens is 250 g/mol. The minimum Gasteiger partial charge on any atom is -0.465 e. The summed E-state index contributed by atoms with van der Waals surface area (Å²) in [5.41, 5.74) is 2.36. The van der Waals surface area contributed by atoms with Crippen molar-refractivity contribution in [2.24, 2.45) is 0 Å². The number of hydrogen-bond donors (Lipinski definition) is 1. The van der Waals surface area contributed by atoms with Gasteiger partial charge in [0.1, 0.15) is 0 Å². The quantitative estimate of drug-likeness (QED) is 0.817. The highest BCUT2D eigenvalue weighted by Gasteiger charge is 2.03. The van der Waals surface area contributed by atoms with Gasteiger partial charge in [0.25, 0.3) is 0 Å². The predicted molar refractivity (Wildman–Crippen MR) is 80.9 cm³/mol. The number of carbonyl (C=O) groups excluding carboxylic acids is 1. The highest BCUT2D eigenvalue weighted by atomic mass is 16.5. The first-order valence-corrected chi connectivity index (χ1v) is 6.58. The second-order valence-corrected chi connectivity index (χ2v) is 4.44. The molecule has 0 atom stereocenters. The smallest absolute Gasteiger partial charge is 0.306 e. The number of carbonyl (C=O) groups is 1. The van der Waals surface area contributed by atoms with E-state index in [1.807, 2.05) is 60.7 Å². The molecule has 0 saturated carbocycles. The summed E-state index contributed by atoms with van der Waals surface area (Å²) >= 11 is 0. The molecule has 0 fully saturated rings. The van der Waals surface area contributed by atoms with Crippen LogP contribution in [0.1, 0.15) is 17.5 Å². The fourth-order valence-corrected chi connectivity index (χ4v) is 1.89. The predicted octanol–water partition coefficient (Wildman–Crippen LogP) is 3.57. The average Bonchev–Trinajstić information content (AvgIpc) is 2.47. The summed E-state index contributed by atoms with van der Waals surface area (Å²) in [5.74, 6) is -0.125. The van der Waals surface area contributed by atoms with E-state index in [1.54, 1.807) is 0 Å². The van der Waals surface area contributed by atoms with Crippen molar-refractivity contribution in [1.82, 2.24) is 6.15 Å². The van der Waals surface area contributed by atoms with Crippen LogP contribution in [0.4, 0.5) is 0 Å². The lowest BCUT2D eigenvalue weighted by Crippen LogP contribution is -2.08. The molecule has 0 bridgehead atoms. The minimum atomic E-state index is -0.125. The summed E-state index contributed by atoms with van der Waals surface area (Å²) in [7, 11) is 0. The molecule has 2 aromatic carbocycles. The molecule has 0 spiro atoms. The maximum Gasteiger partial charge on any atom is 0.306 e. The highest BCUT2D eigenvalue weighted by molar-refractivity contribution is 5.69. The largest absolute Gasteiger partial charge is 0.465 e. The maximum absolute atomic E-state index is 11.6. The second-order valence-electron chi connectivity index (χ2n) is 4.44. The van der Waals surface area contributed by atoms with Crippen molar-refractivity contribution in [2.75, 3.05) is 6.61 Å². The maximum atomic E-state index is 11.6. The van der Waals surface area contributed by atoms with Crippen LogP contribution in [0.25, 0.3) is 0 Å². The number of aryl methyl sites for hydroxylation is 1. The monoisotopic (exact) mass is 271 g/mol. The van der Waals surface area contributed by atoms with E-state index >= 15 is 0 Å². The lowest BCUT2D eigenvalue weighted by atomic mass is 10.1. The molecule has 3 nitrogen and oxygen atoms in total. The molecule has 0 amide bonds. The number of rotatable bonds is 6. The van der Waals surface area contributed by atoms with Crippen molar-refractivity contribution in [1.29, 1.82) is 0 Å². The van der Waals surface area contributed by atoms with Gasteiger partial charge >= 0.3 is 5.97 Å². The van der Waals surface area contributed by atoms with Gasteiger partial charge in [0, 0.05) is 12.8 Å². The van der Waals surface area contributed by atoms with E-state index in [2.05, 4.69) is 0 Å². The van der Waals surface area contributed by atoms with Crippen molar-refractivity contribution in [3.8, 4) is 0 Å². The Kier molecular flexibility index (Phi) is 7.07. The normalized spacial score (nSPS) is 9.60. The second kappa shape index (κ2) is 8.88. The molecule has 2 aromatic rings. The molecule has 0 saturated heterocycles. The van der Waals surface area contributed by atoms with Gasteiger partial charge in [-0.1, -0.05) is 60.7 Å². The van der Waals surface area contributed by atoms with Gasteiger partial charge in [-0.05, 0) is 17.5 Å². The molecule has 0 heterocycles. The Hall–Kier alpha value is -2.13. The van der Waals surface area contributed by atoms with E-state index in [4.69, 9.17) is 4.74 Å². The summed E-state index contributed by atoms with van der Waals surface area (Å²) in [6, 6.07) is 20.0. The molecule has 2 rings (SSSR count). The Bertz CT molecular complexity index is 497. The Balaban J connectivity index is 0.00000200. The van der Waals surface area contributed by atoms with E-state index in [0.29, 0.717) is 13.0 Å². The van der Waals surface area contributed by atoms with Crippen LogP contribution in [-0.2, 0) is 22.4 Å². The van der Waals surface area contributed by atoms with Crippen molar-refractivity contribution in [3.63, 3.8) is 0 Å². The third-order valence-electron chi connectivity index (χ3n) is 2.96. The van der Waals surface area contributed by atoms with Crippen molar-refractivity contribution < 1.29 is 9.53 Å². The highest BCUT2D eigenvalue weighted by Crippen LogP contribution is 2.04. The van der Waals surface area contributed by atoms with Gasteiger partial charge in [-0.3, -0.25) is 4.79 Å². The zero-order valence-corrected chi connectivity index (χ0v) is 11.6. The molecule has 106 valence electrons. The van der Waals surface area contributed by atoms with Crippen molar-refractivity contribution in [3.05, 3.63) is 71.8 Å². The zero-order valence-electron chi connectivity index (χ0n) is 11.6. The molecule has 0 aromatic heterocycles. The van der Waals surface area contributed by atoms with E-state index in [-0.39, 0.29) is 12.1 Å². The first-order chi connectivity index (χ1) is 9.34. The number of benzene rings is 2. The van der Waals surface area contributed by atoms with Gasteiger partial charge in [0.2, 0.25) is 0 Å². The third kappa shape index (κ3) is 5.67. The summed E-state index contributed by atoms with van der Waals surface area (Å²) in [6.07, 6.45) is 1.96. The van der Waals surface area contributed by atoms with Crippen LogP contribution >= 0.6 is 0 Å². The van der Waals surface area contributed by atoms with Crippen LogP contribution < -0.4 is 6.15 Å². The summed E-state index contributed by atoms with van der Waals surface area (Å²) in [4.78, 5) is 11.6. The van der Waals surface area contributed by atoms with E-state index in [9.17, 15) is 4.79 Å². The number of ether oxygens (including phenoxy) is 1. The fourth-order valence-electron chi connectivity index (χ4n) is 1.89. The molecule has 0 aliphatic carbocycles.